The van der Waals surface area contributed by atoms with Crippen LogP contribution >= 0.6 is 0 Å². The molecule has 3 aromatic carbocycles. The molecule has 3 aromatic rings. The van der Waals surface area contributed by atoms with Crippen molar-refractivity contribution < 1.29 is 19.0 Å². The molecule has 0 atom stereocenters. The van der Waals surface area contributed by atoms with Crippen LogP contribution in [-0.2, 0) is 9.47 Å². The first-order valence-corrected chi connectivity index (χ1v) is 10.0. The number of hydrogen-bond acceptors (Lipinski definition) is 4. The molecule has 5 heteroatoms. The lowest BCUT2D eigenvalue weighted by atomic mass is 9.97. The van der Waals surface area contributed by atoms with Gasteiger partial charge in [0, 0.05) is 18.9 Å². The topological polar surface area (TPSA) is 56.8 Å². The van der Waals surface area contributed by atoms with Gasteiger partial charge in [-0.1, -0.05) is 60.7 Å². The van der Waals surface area contributed by atoms with Crippen LogP contribution < -0.4 is 10.1 Å². The zero-order chi connectivity index (χ0) is 19.9. The monoisotopic (exact) mass is 391 g/mol. The lowest BCUT2D eigenvalue weighted by Gasteiger charge is -2.30. The van der Waals surface area contributed by atoms with Crippen molar-refractivity contribution in [3.8, 4) is 5.75 Å². The maximum Gasteiger partial charge on any atom is 0.412 e. The van der Waals surface area contributed by atoms with Crippen LogP contribution in [0.2, 0.25) is 0 Å². The molecule has 29 heavy (non-hydrogen) atoms. The Labute approximate surface area is 170 Å². The molecule has 0 aromatic heterocycles. The molecule has 0 radical (unpaired) electrons. The number of ether oxygens (including phenoxy) is 3. The minimum absolute atomic E-state index is 0.223. The van der Waals surface area contributed by atoms with E-state index in [-0.39, 0.29) is 12.2 Å². The average molecular weight is 391 g/mol. The molecule has 5 nitrogen and oxygen atoms in total. The number of para-hydroxylation sites is 1. The third-order valence-corrected chi connectivity index (χ3v) is 5.05. The summed E-state index contributed by atoms with van der Waals surface area (Å²) in [6.07, 6.45) is 0.822. The molecule has 0 spiro atoms. The highest BCUT2D eigenvalue weighted by molar-refractivity contribution is 5.83. The van der Waals surface area contributed by atoms with E-state index in [4.69, 9.17) is 14.2 Å². The first-order valence-electron chi connectivity index (χ1n) is 10.0. The number of rotatable bonds is 6. The lowest BCUT2D eigenvalue weighted by Crippen LogP contribution is -2.32. The van der Waals surface area contributed by atoms with Crippen molar-refractivity contribution in [1.82, 2.24) is 5.32 Å². The molecule has 0 bridgehead atoms. The Hall–Kier alpha value is -2.89. The van der Waals surface area contributed by atoms with Gasteiger partial charge in [-0.3, -0.25) is 0 Å². The van der Waals surface area contributed by atoms with Gasteiger partial charge in [0.1, 0.15) is 5.75 Å². The minimum atomic E-state index is -0.446. The molecule has 1 N–H and O–H groups in total. The predicted octanol–water partition coefficient (Wildman–Crippen LogP) is 4.87. The summed E-state index contributed by atoms with van der Waals surface area (Å²) >= 11 is 0. The van der Waals surface area contributed by atoms with E-state index in [0.29, 0.717) is 25.5 Å². The summed E-state index contributed by atoms with van der Waals surface area (Å²) in [4.78, 5) is 11.8. The summed E-state index contributed by atoms with van der Waals surface area (Å²) < 4.78 is 17.0. The average Bonchev–Trinajstić information content (AvgIpc) is 2.77. The second-order valence-corrected chi connectivity index (χ2v) is 7.17. The van der Waals surface area contributed by atoms with Gasteiger partial charge in [-0.15, -0.1) is 0 Å². The summed E-state index contributed by atoms with van der Waals surface area (Å²) in [6, 6.07) is 23.9. The minimum Gasteiger partial charge on any atom is -0.410 e. The fraction of sp³-hybridized carbons (Fsp3) is 0.292. The summed E-state index contributed by atoms with van der Waals surface area (Å²) in [5.74, 6) is 0.776. The molecule has 1 heterocycles. The maximum absolute atomic E-state index is 11.8. The van der Waals surface area contributed by atoms with Crippen LogP contribution in [-0.4, -0.2) is 32.1 Å². The molecular weight excluding hydrogens is 366 g/mol. The zero-order valence-electron chi connectivity index (χ0n) is 16.3. The Morgan fingerprint density at radius 3 is 2.45 bits per heavy atom. The number of carbonyl (C=O) groups excluding carboxylic acids is 1. The second kappa shape index (κ2) is 9.54. The molecule has 0 saturated carbocycles. The van der Waals surface area contributed by atoms with E-state index in [9.17, 15) is 4.79 Å². The van der Waals surface area contributed by atoms with Crippen LogP contribution in [0.25, 0.3) is 10.8 Å². The molecule has 0 unspecified atom stereocenters. The predicted molar refractivity (Wildman–Crippen MR) is 112 cm³/mol. The van der Waals surface area contributed by atoms with Crippen LogP contribution in [0.5, 0.6) is 5.75 Å². The lowest BCUT2D eigenvalue weighted by molar-refractivity contribution is -0.189. The smallest absolute Gasteiger partial charge is 0.410 e. The number of carbonyl (C=O) groups is 1. The molecule has 4 rings (SSSR count). The quantitative estimate of drug-likeness (QED) is 0.610. The van der Waals surface area contributed by atoms with Gasteiger partial charge in [-0.05, 0) is 34.9 Å². The number of amides is 1. The van der Waals surface area contributed by atoms with E-state index in [1.54, 1.807) is 12.1 Å². The van der Waals surface area contributed by atoms with E-state index in [0.717, 1.165) is 12.8 Å². The van der Waals surface area contributed by atoms with Crippen molar-refractivity contribution in [2.75, 3.05) is 19.8 Å². The Kier molecular flexibility index (Phi) is 6.39. The summed E-state index contributed by atoms with van der Waals surface area (Å²) in [5.41, 5.74) is 1.24. The fourth-order valence-corrected chi connectivity index (χ4v) is 3.45. The van der Waals surface area contributed by atoms with Gasteiger partial charge in [0.2, 0.25) is 0 Å². The van der Waals surface area contributed by atoms with E-state index < -0.39 is 6.09 Å². The number of fused-ring (bicyclic) bond motifs is 1. The molecule has 1 saturated heterocycles. The number of nitrogens with one attached hydrogen (secondary N) is 1. The summed E-state index contributed by atoms with van der Waals surface area (Å²) in [5, 5.41) is 5.23. The first kappa shape index (κ1) is 19.4. The first-order chi connectivity index (χ1) is 14.3. The van der Waals surface area contributed by atoms with Gasteiger partial charge in [0.15, 0.2) is 6.29 Å². The molecule has 1 aliphatic rings. The largest absolute Gasteiger partial charge is 0.412 e. The Bertz CT molecular complexity index is 936. The van der Waals surface area contributed by atoms with Crippen molar-refractivity contribution in [3.63, 3.8) is 0 Å². The molecule has 150 valence electrons. The highest BCUT2D eigenvalue weighted by atomic mass is 16.7. The third-order valence-electron chi connectivity index (χ3n) is 5.05. The van der Waals surface area contributed by atoms with Gasteiger partial charge in [0.25, 0.3) is 0 Å². The summed E-state index contributed by atoms with van der Waals surface area (Å²) in [7, 11) is 0. The molecule has 1 amide bonds. The Morgan fingerprint density at radius 1 is 0.931 bits per heavy atom. The third kappa shape index (κ3) is 5.34. The van der Waals surface area contributed by atoms with Crippen molar-refractivity contribution in [3.05, 3.63) is 78.4 Å². The Morgan fingerprint density at radius 2 is 1.66 bits per heavy atom. The van der Waals surface area contributed by atoms with E-state index >= 15 is 0 Å². The molecule has 1 aliphatic heterocycles. The van der Waals surface area contributed by atoms with Crippen molar-refractivity contribution >= 4 is 16.9 Å². The highest BCUT2D eigenvalue weighted by Crippen LogP contribution is 2.26. The highest BCUT2D eigenvalue weighted by Gasteiger charge is 2.23. The Balaban J connectivity index is 1.17. The van der Waals surface area contributed by atoms with Gasteiger partial charge < -0.3 is 19.5 Å². The zero-order valence-corrected chi connectivity index (χ0v) is 16.3. The van der Waals surface area contributed by atoms with Crippen molar-refractivity contribution in [2.45, 2.75) is 25.0 Å². The van der Waals surface area contributed by atoms with Gasteiger partial charge in [-0.25, -0.2) is 4.79 Å². The molecule has 0 aliphatic carbocycles. The maximum atomic E-state index is 11.8. The van der Waals surface area contributed by atoms with Gasteiger partial charge in [-0.2, -0.15) is 0 Å². The van der Waals surface area contributed by atoms with E-state index in [1.807, 2.05) is 18.2 Å². The van der Waals surface area contributed by atoms with Crippen LogP contribution in [0.4, 0.5) is 4.79 Å². The van der Waals surface area contributed by atoms with E-state index in [1.165, 1.54) is 16.3 Å². The van der Waals surface area contributed by atoms with Crippen molar-refractivity contribution in [1.29, 1.82) is 0 Å². The number of benzene rings is 3. The van der Waals surface area contributed by atoms with Crippen LogP contribution in [0.3, 0.4) is 0 Å². The van der Waals surface area contributed by atoms with E-state index in [2.05, 4.69) is 47.8 Å². The van der Waals surface area contributed by atoms with Crippen LogP contribution in [0, 0.1) is 0 Å². The van der Waals surface area contributed by atoms with Crippen molar-refractivity contribution in [2.24, 2.45) is 0 Å². The molecular formula is C24H25NO4. The second-order valence-electron chi connectivity index (χ2n) is 7.17. The van der Waals surface area contributed by atoms with Gasteiger partial charge in [0.05, 0.1) is 13.2 Å². The fourth-order valence-electron chi connectivity index (χ4n) is 3.45. The SMILES string of the molecule is O=C(NCCCC1OCC(c2ccc3ccccc3c2)CO1)Oc1ccccc1. The molecule has 1 fully saturated rings. The number of hydrogen-bond donors (Lipinski definition) is 1. The van der Waals surface area contributed by atoms with Crippen LogP contribution in [0.15, 0.2) is 72.8 Å². The standard InChI is InChI=1S/C24H25NO4/c26-24(29-22-9-2-1-3-10-22)25-14-6-11-23-27-16-21(17-28-23)20-13-12-18-7-4-5-8-19(18)15-20/h1-5,7-10,12-13,15,21,23H,6,11,14,16-17H2,(H,25,26). The normalized spacial score (nSPS) is 19.0. The summed E-state index contributed by atoms with van der Waals surface area (Å²) in [6.45, 7) is 1.81. The van der Waals surface area contributed by atoms with Crippen LogP contribution in [0.1, 0.15) is 24.3 Å². The van der Waals surface area contributed by atoms with Gasteiger partial charge >= 0.3 is 6.09 Å².